The van der Waals surface area contributed by atoms with E-state index in [0.29, 0.717) is 26.3 Å². The number of hydrogen-bond acceptors (Lipinski definition) is 6. The highest BCUT2D eigenvalue weighted by Crippen LogP contribution is 2.37. The van der Waals surface area contributed by atoms with Crippen molar-refractivity contribution >= 4 is 32.9 Å². The first-order valence-electron chi connectivity index (χ1n) is 12.2. The highest BCUT2D eigenvalue weighted by Gasteiger charge is 2.40. The second-order valence-electron chi connectivity index (χ2n) is 10.2. The summed E-state index contributed by atoms with van der Waals surface area (Å²) in [6, 6.07) is 23.0. The molecule has 36 heavy (non-hydrogen) atoms. The maximum atomic E-state index is 12.4. The molecule has 1 saturated heterocycles. The van der Waals surface area contributed by atoms with Gasteiger partial charge >= 0.3 is 6.16 Å². The summed E-state index contributed by atoms with van der Waals surface area (Å²) < 4.78 is 18.6. The van der Waals surface area contributed by atoms with Crippen molar-refractivity contribution in [1.82, 2.24) is 5.06 Å². The molecule has 192 valence electrons. The minimum Gasteiger partial charge on any atom is -0.427 e. The lowest BCUT2D eigenvalue weighted by molar-refractivity contribution is -0.195. The molecular weight excluding hydrogens is 522 g/mol. The highest BCUT2D eigenvalue weighted by atomic mass is 79.9. The molecule has 4 rings (SSSR count). The van der Waals surface area contributed by atoms with Crippen LogP contribution in [0.3, 0.4) is 0 Å². The van der Waals surface area contributed by atoms with Crippen LogP contribution in [0.2, 0.25) is 0 Å². The summed E-state index contributed by atoms with van der Waals surface area (Å²) in [5.74, 6) is 0.117. The average molecular weight is 556 g/mol. The Balaban J connectivity index is 1.57. The summed E-state index contributed by atoms with van der Waals surface area (Å²) in [4.78, 5) is 18.0. The zero-order valence-electron chi connectivity index (χ0n) is 21.3. The van der Waals surface area contributed by atoms with Crippen LogP contribution in [0.25, 0.3) is 10.8 Å². The summed E-state index contributed by atoms with van der Waals surface area (Å²) in [6.07, 6.45) is -0.942. The molecule has 0 radical (unpaired) electrons. The number of methoxy groups -OCH3 is 1. The molecule has 1 aliphatic heterocycles. The van der Waals surface area contributed by atoms with Crippen LogP contribution in [0.4, 0.5) is 4.79 Å². The molecule has 0 aromatic heterocycles. The lowest BCUT2D eigenvalue weighted by Gasteiger charge is -2.42. The largest absolute Gasteiger partial charge is 0.528 e. The Bertz CT molecular complexity index is 1160. The molecule has 0 saturated carbocycles. The predicted molar refractivity (Wildman–Crippen MR) is 144 cm³/mol. The Kier molecular flexibility index (Phi) is 8.67. The van der Waals surface area contributed by atoms with E-state index >= 15 is 0 Å². The van der Waals surface area contributed by atoms with E-state index in [4.69, 9.17) is 19.0 Å². The monoisotopic (exact) mass is 555 g/mol. The van der Waals surface area contributed by atoms with Crippen molar-refractivity contribution in [1.29, 1.82) is 0 Å². The number of fused-ring (bicyclic) bond motifs is 1. The van der Waals surface area contributed by atoms with E-state index in [2.05, 4.69) is 58.4 Å². The number of rotatable bonds is 7. The smallest absolute Gasteiger partial charge is 0.427 e. The lowest BCUT2D eigenvalue weighted by atomic mass is 9.79. The number of hydrogen-bond donors (Lipinski definition) is 0. The second-order valence-corrected chi connectivity index (χ2v) is 11.1. The summed E-state index contributed by atoms with van der Waals surface area (Å²) >= 11 is 3.54. The summed E-state index contributed by atoms with van der Waals surface area (Å²) in [5.41, 5.74) is 1.63. The SMILES string of the molecule is COCC1CN(OC(=O)OC(C)(C)C)CC(OCc2ccc3ccccc3c2)C1c1ccc(Br)cc1. The Morgan fingerprint density at radius 2 is 1.72 bits per heavy atom. The van der Waals surface area contributed by atoms with Gasteiger partial charge in [0.25, 0.3) is 0 Å². The van der Waals surface area contributed by atoms with Crippen LogP contribution < -0.4 is 0 Å². The molecule has 1 fully saturated rings. The minimum atomic E-state index is -0.714. The number of ether oxygens (including phenoxy) is 3. The van der Waals surface area contributed by atoms with Crippen LogP contribution in [0, 0.1) is 5.92 Å². The third-order valence-electron chi connectivity index (χ3n) is 6.24. The van der Waals surface area contributed by atoms with E-state index in [9.17, 15) is 4.79 Å². The molecule has 0 N–H and O–H groups in total. The van der Waals surface area contributed by atoms with Crippen LogP contribution in [0.15, 0.2) is 71.2 Å². The first kappa shape index (κ1) is 26.6. The fraction of sp³-hybridized carbons (Fsp3) is 0.414. The van der Waals surface area contributed by atoms with Gasteiger partial charge in [0.05, 0.1) is 25.9 Å². The number of nitrogens with zero attached hydrogens (tertiary/aromatic N) is 1. The van der Waals surface area contributed by atoms with Gasteiger partial charge in [-0.3, -0.25) is 0 Å². The lowest BCUT2D eigenvalue weighted by Crippen LogP contribution is -2.51. The van der Waals surface area contributed by atoms with Crippen LogP contribution in [0.1, 0.15) is 37.8 Å². The Hall–Kier alpha value is -2.45. The molecule has 7 heteroatoms. The quantitative estimate of drug-likeness (QED) is 0.302. The van der Waals surface area contributed by atoms with Crippen molar-refractivity contribution in [3.05, 3.63) is 82.3 Å². The van der Waals surface area contributed by atoms with Gasteiger partial charge < -0.3 is 19.0 Å². The summed E-state index contributed by atoms with van der Waals surface area (Å²) in [6.45, 7) is 7.34. The Morgan fingerprint density at radius 3 is 2.42 bits per heavy atom. The maximum Gasteiger partial charge on any atom is 0.528 e. The maximum absolute atomic E-state index is 12.4. The van der Waals surface area contributed by atoms with Gasteiger partial charge in [-0.2, -0.15) is 0 Å². The van der Waals surface area contributed by atoms with Gasteiger partial charge in [-0.25, -0.2) is 4.79 Å². The second kappa shape index (κ2) is 11.7. The van der Waals surface area contributed by atoms with Crippen molar-refractivity contribution in [3.63, 3.8) is 0 Å². The van der Waals surface area contributed by atoms with E-state index in [-0.39, 0.29) is 17.9 Å². The zero-order chi connectivity index (χ0) is 25.7. The van der Waals surface area contributed by atoms with Crippen LogP contribution in [0.5, 0.6) is 0 Å². The van der Waals surface area contributed by atoms with Gasteiger partial charge in [-0.05, 0) is 60.9 Å². The first-order valence-corrected chi connectivity index (χ1v) is 13.0. The van der Waals surface area contributed by atoms with Crippen LogP contribution >= 0.6 is 15.9 Å². The van der Waals surface area contributed by atoms with E-state index < -0.39 is 11.8 Å². The van der Waals surface area contributed by atoms with E-state index in [1.54, 1.807) is 12.2 Å². The first-order chi connectivity index (χ1) is 17.2. The normalized spacial score (nSPS) is 20.9. The van der Waals surface area contributed by atoms with E-state index in [1.807, 2.05) is 45.0 Å². The zero-order valence-corrected chi connectivity index (χ0v) is 22.9. The van der Waals surface area contributed by atoms with Gasteiger partial charge in [0.2, 0.25) is 0 Å². The number of halogens is 1. The number of carbonyl (C=O) groups is 1. The third kappa shape index (κ3) is 7.07. The van der Waals surface area contributed by atoms with Gasteiger partial charge in [0, 0.05) is 30.0 Å². The number of hydroxylamine groups is 2. The summed E-state index contributed by atoms with van der Waals surface area (Å²) in [5, 5.41) is 4.03. The predicted octanol–water partition coefficient (Wildman–Crippen LogP) is 6.72. The fourth-order valence-electron chi connectivity index (χ4n) is 4.75. The molecule has 1 aliphatic rings. The van der Waals surface area contributed by atoms with Gasteiger partial charge in [-0.1, -0.05) is 64.5 Å². The van der Waals surface area contributed by atoms with Crippen LogP contribution in [-0.4, -0.2) is 49.7 Å². The summed E-state index contributed by atoms with van der Waals surface area (Å²) in [7, 11) is 1.69. The molecule has 3 atom stereocenters. The van der Waals surface area contributed by atoms with Gasteiger partial charge in [-0.15, -0.1) is 5.06 Å². The molecule has 0 aliphatic carbocycles. The Morgan fingerprint density at radius 1 is 1.00 bits per heavy atom. The Labute approximate surface area is 221 Å². The van der Waals surface area contributed by atoms with E-state index in [0.717, 1.165) is 10.0 Å². The average Bonchev–Trinajstić information content (AvgIpc) is 2.82. The molecule has 0 bridgehead atoms. The molecule has 0 spiro atoms. The number of carbonyl (C=O) groups excluding carboxylic acids is 1. The molecule has 3 aromatic carbocycles. The van der Waals surface area contributed by atoms with Crippen molar-refractivity contribution in [2.75, 3.05) is 26.8 Å². The number of piperidine rings is 1. The van der Waals surface area contributed by atoms with Gasteiger partial charge in [0.15, 0.2) is 0 Å². The highest BCUT2D eigenvalue weighted by molar-refractivity contribution is 9.10. The number of benzene rings is 3. The fourth-order valence-corrected chi connectivity index (χ4v) is 5.01. The van der Waals surface area contributed by atoms with Crippen molar-refractivity contribution in [2.45, 2.75) is 45.0 Å². The molecule has 3 unspecified atom stereocenters. The molecule has 0 amide bonds. The standard InChI is InChI=1S/C29H34BrNO5/c1-29(2,3)35-28(32)36-31-16-24(19-33-4)27(22-11-13-25(30)14-12-22)26(17-31)34-18-20-9-10-21-7-5-6-8-23(21)15-20/h5-15,24,26-27H,16-19H2,1-4H3. The molecule has 6 nitrogen and oxygen atoms in total. The molecule has 3 aromatic rings. The minimum absolute atomic E-state index is 0.0500. The van der Waals surface area contributed by atoms with Crippen molar-refractivity contribution in [3.8, 4) is 0 Å². The van der Waals surface area contributed by atoms with Crippen molar-refractivity contribution in [2.24, 2.45) is 5.92 Å². The van der Waals surface area contributed by atoms with E-state index in [1.165, 1.54) is 16.3 Å². The van der Waals surface area contributed by atoms with Crippen LogP contribution in [-0.2, 0) is 25.7 Å². The van der Waals surface area contributed by atoms with Crippen molar-refractivity contribution < 1.29 is 23.8 Å². The topological polar surface area (TPSA) is 57.2 Å². The molecule has 1 heterocycles. The van der Waals surface area contributed by atoms with Gasteiger partial charge in [0.1, 0.15) is 5.60 Å². The molecular formula is C29H34BrNO5. The third-order valence-corrected chi connectivity index (χ3v) is 6.77.